The van der Waals surface area contributed by atoms with Crippen LogP contribution in [0.15, 0.2) is 72.9 Å². The highest BCUT2D eigenvalue weighted by Gasteiger charge is 2.37. The number of carbonyl (C=O) groups excluding carboxylic acids is 2. The van der Waals surface area contributed by atoms with Crippen LogP contribution in [0, 0.1) is 0 Å². The summed E-state index contributed by atoms with van der Waals surface area (Å²) in [7, 11) is 0. The molecular formula is C23H21N3O3. The Morgan fingerprint density at radius 3 is 2.55 bits per heavy atom. The zero-order valence-corrected chi connectivity index (χ0v) is 16.0. The van der Waals surface area contributed by atoms with Crippen molar-refractivity contribution in [2.45, 2.75) is 19.6 Å². The second-order valence-electron chi connectivity index (χ2n) is 6.70. The largest absolute Gasteiger partial charge is 0.462 e. The standard InChI is InChI=1S/C23H21N3O3/c1-2-29-23(28)17-10-12-18(13-11-17)25-21-20-19(9-6-14-24-20)22(27)26(21)15-16-7-4-3-5-8-16/h3-14,21,25H,2,15H2,1H3/t21-/m0/s1. The first-order valence-corrected chi connectivity index (χ1v) is 9.51. The summed E-state index contributed by atoms with van der Waals surface area (Å²) in [4.78, 5) is 31.1. The molecule has 1 aliphatic rings. The molecule has 1 aliphatic heterocycles. The van der Waals surface area contributed by atoms with Gasteiger partial charge < -0.3 is 15.0 Å². The van der Waals surface area contributed by atoms with E-state index in [2.05, 4.69) is 10.3 Å². The van der Waals surface area contributed by atoms with Crippen LogP contribution >= 0.6 is 0 Å². The summed E-state index contributed by atoms with van der Waals surface area (Å²) in [6.45, 7) is 2.57. The van der Waals surface area contributed by atoms with Crippen LogP contribution in [-0.2, 0) is 11.3 Å². The second kappa shape index (κ2) is 8.14. The molecule has 6 heteroatoms. The molecule has 2 aromatic carbocycles. The fraction of sp³-hybridized carbons (Fsp3) is 0.174. The summed E-state index contributed by atoms with van der Waals surface area (Å²) < 4.78 is 5.02. The molecule has 0 spiro atoms. The monoisotopic (exact) mass is 387 g/mol. The van der Waals surface area contributed by atoms with Gasteiger partial charge in [-0.3, -0.25) is 9.78 Å². The van der Waals surface area contributed by atoms with E-state index < -0.39 is 6.17 Å². The van der Waals surface area contributed by atoms with Crippen LogP contribution in [0.3, 0.4) is 0 Å². The molecule has 0 radical (unpaired) electrons. The molecule has 146 valence electrons. The van der Waals surface area contributed by atoms with E-state index in [0.717, 1.165) is 11.3 Å². The molecule has 1 atom stereocenters. The Balaban J connectivity index is 1.60. The van der Waals surface area contributed by atoms with Gasteiger partial charge in [-0.05, 0) is 48.9 Å². The predicted octanol–water partition coefficient (Wildman–Crippen LogP) is 4.03. The van der Waals surface area contributed by atoms with Gasteiger partial charge in [0.05, 0.1) is 23.4 Å². The maximum atomic E-state index is 13.0. The molecule has 1 amide bonds. The van der Waals surface area contributed by atoms with Gasteiger partial charge in [-0.15, -0.1) is 0 Å². The molecule has 0 aliphatic carbocycles. The molecule has 1 N–H and O–H groups in total. The third-order valence-corrected chi connectivity index (χ3v) is 4.80. The number of nitrogens with one attached hydrogen (secondary N) is 1. The number of benzene rings is 2. The van der Waals surface area contributed by atoms with Gasteiger partial charge in [0.15, 0.2) is 0 Å². The lowest BCUT2D eigenvalue weighted by molar-refractivity contribution is 0.0526. The Kier molecular flexibility index (Phi) is 5.24. The van der Waals surface area contributed by atoms with E-state index >= 15 is 0 Å². The number of rotatable bonds is 6. The summed E-state index contributed by atoms with van der Waals surface area (Å²) in [6.07, 6.45) is 1.30. The Hall–Kier alpha value is -3.67. The lowest BCUT2D eigenvalue weighted by atomic mass is 10.2. The summed E-state index contributed by atoms with van der Waals surface area (Å²) in [5, 5.41) is 3.39. The van der Waals surface area contributed by atoms with Crippen LogP contribution in [0.1, 0.15) is 45.1 Å². The summed E-state index contributed by atoms with van der Waals surface area (Å²) in [5.41, 5.74) is 3.61. The number of ether oxygens (including phenoxy) is 1. The van der Waals surface area contributed by atoms with E-state index in [1.807, 2.05) is 30.3 Å². The van der Waals surface area contributed by atoms with E-state index in [1.165, 1.54) is 0 Å². The Bertz CT molecular complexity index is 1020. The van der Waals surface area contributed by atoms with Gasteiger partial charge in [0.25, 0.3) is 5.91 Å². The number of fused-ring (bicyclic) bond motifs is 1. The second-order valence-corrected chi connectivity index (χ2v) is 6.70. The van der Waals surface area contributed by atoms with Crippen molar-refractivity contribution in [2.24, 2.45) is 0 Å². The van der Waals surface area contributed by atoms with Crippen molar-refractivity contribution >= 4 is 17.6 Å². The summed E-state index contributed by atoms with van der Waals surface area (Å²) >= 11 is 0. The number of hydrogen-bond acceptors (Lipinski definition) is 5. The van der Waals surface area contributed by atoms with Crippen LogP contribution < -0.4 is 5.32 Å². The van der Waals surface area contributed by atoms with Crippen molar-refractivity contribution in [3.05, 3.63) is 95.3 Å². The van der Waals surface area contributed by atoms with Crippen molar-refractivity contribution in [1.29, 1.82) is 0 Å². The lowest BCUT2D eigenvalue weighted by Crippen LogP contribution is -2.32. The van der Waals surface area contributed by atoms with Crippen molar-refractivity contribution in [3.8, 4) is 0 Å². The van der Waals surface area contributed by atoms with E-state index in [1.54, 1.807) is 54.4 Å². The SMILES string of the molecule is CCOC(=O)c1ccc(N[C@@H]2c3ncccc3C(=O)N2Cc2ccccc2)cc1. The Labute approximate surface area is 169 Å². The minimum Gasteiger partial charge on any atom is -0.462 e. The average Bonchev–Trinajstić information content (AvgIpc) is 3.01. The maximum absolute atomic E-state index is 13.0. The number of amides is 1. The molecule has 1 aromatic heterocycles. The summed E-state index contributed by atoms with van der Waals surface area (Å²) in [5.74, 6) is -0.412. The smallest absolute Gasteiger partial charge is 0.338 e. The summed E-state index contributed by atoms with van der Waals surface area (Å²) in [6, 6.07) is 20.4. The van der Waals surface area contributed by atoms with E-state index in [0.29, 0.717) is 30.0 Å². The Morgan fingerprint density at radius 1 is 1.07 bits per heavy atom. The lowest BCUT2D eigenvalue weighted by Gasteiger charge is -2.26. The van der Waals surface area contributed by atoms with Crippen molar-refractivity contribution in [3.63, 3.8) is 0 Å². The van der Waals surface area contributed by atoms with E-state index in [9.17, 15) is 9.59 Å². The highest BCUT2D eigenvalue weighted by Crippen LogP contribution is 2.34. The van der Waals surface area contributed by atoms with Gasteiger partial charge in [0.1, 0.15) is 6.17 Å². The number of carbonyl (C=O) groups is 2. The number of pyridine rings is 1. The molecule has 0 saturated heterocycles. The zero-order valence-electron chi connectivity index (χ0n) is 16.0. The predicted molar refractivity (Wildman–Crippen MR) is 109 cm³/mol. The molecule has 0 bridgehead atoms. The number of esters is 1. The van der Waals surface area contributed by atoms with Crippen LogP contribution in [0.4, 0.5) is 5.69 Å². The normalized spacial score (nSPS) is 15.1. The number of aromatic nitrogens is 1. The van der Waals surface area contributed by atoms with Gasteiger partial charge in [-0.25, -0.2) is 4.79 Å². The first kappa shape index (κ1) is 18.7. The molecule has 2 heterocycles. The number of nitrogens with zero attached hydrogens (tertiary/aromatic N) is 2. The highest BCUT2D eigenvalue weighted by atomic mass is 16.5. The molecule has 0 fully saturated rings. The number of anilines is 1. The van der Waals surface area contributed by atoms with Crippen molar-refractivity contribution < 1.29 is 14.3 Å². The van der Waals surface area contributed by atoms with Gasteiger partial charge in [0.2, 0.25) is 0 Å². The highest BCUT2D eigenvalue weighted by molar-refractivity contribution is 5.99. The Morgan fingerprint density at radius 2 is 1.83 bits per heavy atom. The fourth-order valence-electron chi connectivity index (χ4n) is 3.40. The van der Waals surface area contributed by atoms with E-state index in [-0.39, 0.29) is 11.9 Å². The first-order chi connectivity index (χ1) is 14.2. The van der Waals surface area contributed by atoms with Crippen molar-refractivity contribution in [2.75, 3.05) is 11.9 Å². The van der Waals surface area contributed by atoms with Crippen LogP contribution in [0.5, 0.6) is 0 Å². The van der Waals surface area contributed by atoms with Crippen LogP contribution in [0.2, 0.25) is 0 Å². The third-order valence-electron chi connectivity index (χ3n) is 4.80. The molecule has 6 nitrogen and oxygen atoms in total. The first-order valence-electron chi connectivity index (χ1n) is 9.51. The minimum absolute atomic E-state index is 0.0578. The minimum atomic E-state index is -0.396. The topological polar surface area (TPSA) is 71.5 Å². The zero-order chi connectivity index (χ0) is 20.2. The molecule has 0 saturated carbocycles. The quantitative estimate of drug-likeness (QED) is 0.647. The molecule has 0 unspecified atom stereocenters. The fourth-order valence-corrected chi connectivity index (χ4v) is 3.40. The molecule has 3 aromatic rings. The van der Waals surface area contributed by atoms with Gasteiger partial charge >= 0.3 is 5.97 Å². The third kappa shape index (κ3) is 3.82. The van der Waals surface area contributed by atoms with Gasteiger partial charge in [-0.1, -0.05) is 30.3 Å². The van der Waals surface area contributed by atoms with Gasteiger partial charge in [-0.2, -0.15) is 0 Å². The maximum Gasteiger partial charge on any atom is 0.338 e. The molecular weight excluding hydrogens is 366 g/mol. The number of hydrogen-bond donors (Lipinski definition) is 1. The van der Waals surface area contributed by atoms with Crippen LogP contribution in [-0.4, -0.2) is 28.4 Å². The van der Waals surface area contributed by atoms with Crippen LogP contribution in [0.25, 0.3) is 0 Å². The molecule has 4 rings (SSSR count). The van der Waals surface area contributed by atoms with E-state index in [4.69, 9.17) is 4.74 Å². The van der Waals surface area contributed by atoms with Crippen molar-refractivity contribution in [1.82, 2.24) is 9.88 Å². The molecule has 29 heavy (non-hydrogen) atoms. The average molecular weight is 387 g/mol. The van der Waals surface area contributed by atoms with Gasteiger partial charge in [0, 0.05) is 18.4 Å².